The first-order valence-electron chi connectivity index (χ1n) is 5.57. The van der Waals surface area contributed by atoms with Crippen LogP contribution in [0, 0.1) is 6.92 Å². The smallest absolute Gasteiger partial charge is 0.0271 e. The number of hydrogen-bond acceptors (Lipinski definition) is 0. The zero-order chi connectivity index (χ0) is 10.6. The Kier molecular flexibility index (Phi) is 7.81. The normalized spacial score (nSPS) is 9.87. The third-order valence-electron chi connectivity index (χ3n) is 2.76. The predicted molar refractivity (Wildman–Crippen MR) is 83.9 cm³/mol. The van der Waals surface area contributed by atoms with E-state index in [-0.39, 0.29) is 24.0 Å². The molecule has 86 valence electrons. The molecule has 0 saturated carbocycles. The maximum Gasteiger partial charge on any atom is -0.0271 e. The Hall–Kier alpha value is 0.380. The summed E-state index contributed by atoms with van der Waals surface area (Å²) >= 11 is 0. The molecule has 15 heavy (non-hydrogen) atoms. The maximum atomic E-state index is 2.83. The lowest BCUT2D eigenvalue weighted by atomic mass is 9.95. The van der Waals surface area contributed by atoms with E-state index in [4.69, 9.17) is 0 Å². The molecular weight excluding hydrogens is 314 g/mol. The molecule has 0 aromatic heterocycles. The van der Waals surface area contributed by atoms with Crippen molar-refractivity contribution in [1.29, 1.82) is 0 Å². The molecule has 0 aliphatic heterocycles. The molecule has 1 aromatic rings. The summed E-state index contributed by atoms with van der Waals surface area (Å²) in [6.45, 7) is 6.75. The van der Waals surface area contributed by atoms with Crippen LogP contribution >= 0.6 is 33.2 Å². The third kappa shape index (κ3) is 4.03. The van der Waals surface area contributed by atoms with Gasteiger partial charge in [0.05, 0.1) is 0 Å². The average molecular weight is 336 g/mol. The van der Waals surface area contributed by atoms with Gasteiger partial charge in [0.15, 0.2) is 0 Å². The molecule has 1 aromatic carbocycles. The Balaban J connectivity index is 0.00000196. The van der Waals surface area contributed by atoms with E-state index in [0.717, 1.165) is 0 Å². The van der Waals surface area contributed by atoms with Crippen molar-refractivity contribution < 1.29 is 0 Å². The summed E-state index contributed by atoms with van der Waals surface area (Å²) in [5, 5.41) is 1.35. The summed E-state index contributed by atoms with van der Waals surface area (Å²) in [6.07, 6.45) is 4.93. The van der Waals surface area contributed by atoms with Gasteiger partial charge < -0.3 is 0 Å². The van der Waals surface area contributed by atoms with Crippen LogP contribution in [-0.4, -0.2) is 0 Å². The van der Waals surface area contributed by atoms with Crippen molar-refractivity contribution in [2.75, 3.05) is 0 Å². The number of halogens is 1. The fourth-order valence-electron chi connectivity index (χ4n) is 1.93. The molecule has 0 N–H and O–H groups in total. The number of hydrogen-bond donors (Lipinski definition) is 0. The van der Waals surface area contributed by atoms with Gasteiger partial charge in [0.2, 0.25) is 0 Å². The van der Waals surface area contributed by atoms with Crippen molar-refractivity contribution in [3.05, 3.63) is 28.8 Å². The second kappa shape index (κ2) is 7.62. The average Bonchev–Trinajstić information content (AvgIpc) is 2.18. The minimum absolute atomic E-state index is 0. The summed E-state index contributed by atoms with van der Waals surface area (Å²) < 4.78 is 0. The molecule has 0 radical (unpaired) electrons. The molecule has 1 rings (SSSR count). The number of rotatable bonds is 4. The quantitative estimate of drug-likeness (QED) is 0.576. The van der Waals surface area contributed by atoms with Gasteiger partial charge >= 0.3 is 0 Å². The summed E-state index contributed by atoms with van der Waals surface area (Å²) in [5.74, 6) is 0. The maximum absolute atomic E-state index is 2.83. The molecule has 0 amide bonds. The Labute approximate surface area is 113 Å². The fourth-order valence-corrected chi connectivity index (χ4v) is 2.20. The molecule has 0 bridgehead atoms. The van der Waals surface area contributed by atoms with Crippen LogP contribution in [0.25, 0.3) is 0 Å². The van der Waals surface area contributed by atoms with Gasteiger partial charge in [-0.25, -0.2) is 0 Å². The molecule has 0 fully saturated rings. The lowest BCUT2D eigenvalue weighted by Gasteiger charge is -2.13. The Morgan fingerprint density at radius 1 is 1.07 bits per heavy atom. The van der Waals surface area contributed by atoms with Crippen LogP contribution in [0.15, 0.2) is 12.1 Å². The van der Waals surface area contributed by atoms with Crippen LogP contribution in [0.4, 0.5) is 0 Å². The summed E-state index contributed by atoms with van der Waals surface area (Å²) in [5.41, 5.74) is 4.61. The first-order valence-corrected chi connectivity index (χ1v) is 6.15. The number of benzene rings is 1. The van der Waals surface area contributed by atoms with E-state index >= 15 is 0 Å². The summed E-state index contributed by atoms with van der Waals surface area (Å²) in [7, 11) is 2.83. The standard InChI is InChI=1S/C13H21P.HI/c1-4-6-11-8-9-13(14)10(3)12(11)7-5-2;/h8-9H,4-7,14H2,1-3H3;1H. The van der Waals surface area contributed by atoms with Crippen LogP contribution < -0.4 is 5.30 Å². The molecule has 1 atom stereocenters. The molecule has 0 aliphatic carbocycles. The van der Waals surface area contributed by atoms with E-state index in [1.165, 1.54) is 36.6 Å². The van der Waals surface area contributed by atoms with Crippen LogP contribution in [0.3, 0.4) is 0 Å². The van der Waals surface area contributed by atoms with Crippen molar-refractivity contribution >= 4 is 38.5 Å². The van der Waals surface area contributed by atoms with Crippen LogP contribution in [0.1, 0.15) is 43.4 Å². The van der Waals surface area contributed by atoms with Crippen LogP contribution in [-0.2, 0) is 12.8 Å². The Morgan fingerprint density at radius 3 is 2.20 bits per heavy atom. The summed E-state index contributed by atoms with van der Waals surface area (Å²) in [6, 6.07) is 4.52. The first-order chi connectivity index (χ1) is 6.70. The molecule has 0 spiro atoms. The molecule has 1 unspecified atom stereocenters. The predicted octanol–water partition coefficient (Wildman–Crippen LogP) is 4.02. The molecule has 0 aliphatic rings. The van der Waals surface area contributed by atoms with E-state index in [1.807, 2.05) is 0 Å². The van der Waals surface area contributed by atoms with E-state index in [9.17, 15) is 0 Å². The lowest BCUT2D eigenvalue weighted by Crippen LogP contribution is -2.06. The van der Waals surface area contributed by atoms with Crippen molar-refractivity contribution in [3.63, 3.8) is 0 Å². The van der Waals surface area contributed by atoms with Gasteiger partial charge in [-0.1, -0.05) is 38.8 Å². The minimum Gasteiger partial charge on any atom is -0.107 e. The zero-order valence-corrected chi connectivity index (χ0v) is 13.5. The fraction of sp³-hybridized carbons (Fsp3) is 0.538. The van der Waals surface area contributed by atoms with Crippen LogP contribution in [0.5, 0.6) is 0 Å². The SMILES string of the molecule is CCCc1ccc(P)c(C)c1CCC.I. The van der Waals surface area contributed by atoms with Gasteiger partial charge in [-0.05, 0) is 41.8 Å². The van der Waals surface area contributed by atoms with E-state index in [0.29, 0.717) is 0 Å². The molecule has 0 saturated heterocycles. The molecule has 0 heterocycles. The van der Waals surface area contributed by atoms with Gasteiger partial charge in [-0.2, -0.15) is 0 Å². The minimum atomic E-state index is 0. The van der Waals surface area contributed by atoms with Gasteiger partial charge in [0, 0.05) is 0 Å². The van der Waals surface area contributed by atoms with E-state index < -0.39 is 0 Å². The highest BCUT2D eigenvalue weighted by molar-refractivity contribution is 14.0. The van der Waals surface area contributed by atoms with Gasteiger partial charge in [0.1, 0.15) is 0 Å². The van der Waals surface area contributed by atoms with Crippen molar-refractivity contribution in [2.45, 2.75) is 46.5 Å². The largest absolute Gasteiger partial charge is 0.107 e. The monoisotopic (exact) mass is 336 g/mol. The van der Waals surface area contributed by atoms with E-state index in [1.54, 1.807) is 11.1 Å². The van der Waals surface area contributed by atoms with Crippen molar-refractivity contribution in [1.82, 2.24) is 0 Å². The second-order valence-corrected chi connectivity index (χ2v) is 4.54. The highest BCUT2D eigenvalue weighted by Gasteiger charge is 2.06. The van der Waals surface area contributed by atoms with Gasteiger partial charge in [-0.15, -0.1) is 33.2 Å². The topological polar surface area (TPSA) is 0 Å². The molecule has 2 heteroatoms. The van der Waals surface area contributed by atoms with Crippen molar-refractivity contribution in [2.24, 2.45) is 0 Å². The van der Waals surface area contributed by atoms with Crippen LogP contribution in [0.2, 0.25) is 0 Å². The first kappa shape index (κ1) is 15.4. The Bertz CT molecular complexity index is 308. The van der Waals surface area contributed by atoms with Gasteiger partial charge in [-0.3, -0.25) is 0 Å². The highest BCUT2D eigenvalue weighted by Crippen LogP contribution is 2.18. The van der Waals surface area contributed by atoms with Crippen molar-refractivity contribution in [3.8, 4) is 0 Å². The van der Waals surface area contributed by atoms with E-state index in [2.05, 4.69) is 42.1 Å². The lowest BCUT2D eigenvalue weighted by molar-refractivity contribution is 0.856. The highest BCUT2D eigenvalue weighted by atomic mass is 127. The third-order valence-corrected chi connectivity index (χ3v) is 3.38. The second-order valence-electron chi connectivity index (χ2n) is 3.92. The zero-order valence-electron chi connectivity index (χ0n) is 9.97. The molecular formula is C13H22IP. The number of aryl methyl sites for hydroxylation is 1. The molecule has 0 nitrogen and oxygen atoms in total. The Morgan fingerprint density at radius 2 is 1.67 bits per heavy atom. The van der Waals surface area contributed by atoms with Gasteiger partial charge in [0.25, 0.3) is 0 Å². The summed E-state index contributed by atoms with van der Waals surface area (Å²) in [4.78, 5) is 0.